The molecule has 0 aromatic heterocycles. The maximum atomic E-state index is 14.8. The van der Waals surface area contributed by atoms with Crippen LogP contribution in [-0.4, -0.2) is 26.3 Å². The van der Waals surface area contributed by atoms with Crippen molar-refractivity contribution in [1.82, 2.24) is 5.32 Å². The first-order chi connectivity index (χ1) is 8.78. The first-order valence-electron chi connectivity index (χ1n) is 6.58. The lowest BCUT2D eigenvalue weighted by atomic mass is 9.87. The lowest BCUT2D eigenvalue weighted by molar-refractivity contribution is 0.115. The zero-order chi connectivity index (χ0) is 12.4. The van der Waals surface area contributed by atoms with Gasteiger partial charge in [-0.2, -0.15) is 0 Å². The molecule has 18 heavy (non-hydrogen) atoms. The molecule has 0 atom stereocenters. The average Bonchev–Trinajstić information content (AvgIpc) is 2.64. The van der Waals surface area contributed by atoms with Gasteiger partial charge in [0.25, 0.3) is 0 Å². The van der Waals surface area contributed by atoms with Gasteiger partial charge in [0.2, 0.25) is 0 Å². The lowest BCUT2D eigenvalue weighted by Crippen LogP contribution is -2.36. The van der Waals surface area contributed by atoms with E-state index in [1.165, 1.54) is 0 Å². The van der Waals surface area contributed by atoms with Crippen molar-refractivity contribution < 1.29 is 13.9 Å². The van der Waals surface area contributed by atoms with Gasteiger partial charge in [-0.05, 0) is 43.6 Å². The highest BCUT2D eigenvalue weighted by molar-refractivity contribution is 5.45. The number of hydrogen-bond donors (Lipinski definition) is 1. The zero-order valence-electron chi connectivity index (χ0n) is 10.4. The van der Waals surface area contributed by atoms with Crippen LogP contribution in [0.1, 0.15) is 24.8 Å². The maximum Gasteiger partial charge on any atom is 0.161 e. The molecule has 1 aromatic rings. The monoisotopic (exact) mass is 251 g/mol. The number of benzene rings is 1. The molecule has 98 valence electrons. The summed E-state index contributed by atoms with van der Waals surface area (Å²) in [5, 5.41) is 3.19. The minimum atomic E-state index is -1.23. The molecule has 0 amide bonds. The third kappa shape index (κ3) is 2.17. The van der Waals surface area contributed by atoms with E-state index in [4.69, 9.17) is 9.47 Å². The molecular weight excluding hydrogens is 233 g/mol. The van der Waals surface area contributed by atoms with Crippen LogP contribution in [0.5, 0.6) is 11.5 Å². The molecule has 2 aliphatic heterocycles. The first kappa shape index (κ1) is 11.8. The van der Waals surface area contributed by atoms with Gasteiger partial charge in [-0.3, -0.25) is 0 Å². The van der Waals surface area contributed by atoms with Gasteiger partial charge in [0.15, 0.2) is 11.5 Å². The highest BCUT2D eigenvalue weighted by Gasteiger charge is 2.34. The summed E-state index contributed by atoms with van der Waals surface area (Å²) in [5.74, 6) is 1.41. The second kappa shape index (κ2) is 4.76. The molecule has 0 spiro atoms. The predicted molar refractivity (Wildman–Crippen MR) is 66.9 cm³/mol. The number of halogens is 1. The fraction of sp³-hybridized carbons (Fsp3) is 0.571. The van der Waals surface area contributed by atoms with Gasteiger partial charge in [0, 0.05) is 6.42 Å². The van der Waals surface area contributed by atoms with E-state index in [1.54, 1.807) is 0 Å². The number of rotatable bonds is 1. The molecule has 4 heteroatoms. The van der Waals surface area contributed by atoms with E-state index in [1.807, 2.05) is 18.2 Å². The Morgan fingerprint density at radius 1 is 1.06 bits per heavy atom. The van der Waals surface area contributed by atoms with Crippen LogP contribution >= 0.6 is 0 Å². The van der Waals surface area contributed by atoms with Crippen LogP contribution < -0.4 is 14.8 Å². The molecule has 2 aliphatic rings. The normalized spacial score (nSPS) is 22.3. The van der Waals surface area contributed by atoms with Crippen molar-refractivity contribution in [2.24, 2.45) is 0 Å². The lowest BCUT2D eigenvalue weighted by Gasteiger charge is -2.30. The molecular formula is C14H18FNO2. The molecule has 3 nitrogen and oxygen atoms in total. The summed E-state index contributed by atoms with van der Waals surface area (Å²) >= 11 is 0. The number of nitrogens with one attached hydrogen (secondary N) is 1. The third-order valence-corrected chi connectivity index (χ3v) is 3.66. The SMILES string of the molecule is FC1(c2ccc3c(c2)OCCCO3)CCNCC1. The van der Waals surface area contributed by atoms with Gasteiger partial charge in [-0.15, -0.1) is 0 Å². The number of hydrogen-bond acceptors (Lipinski definition) is 3. The Hall–Kier alpha value is -1.29. The van der Waals surface area contributed by atoms with E-state index < -0.39 is 5.67 Å². The first-order valence-corrected chi connectivity index (χ1v) is 6.58. The maximum absolute atomic E-state index is 14.8. The van der Waals surface area contributed by atoms with Crippen molar-refractivity contribution in [3.05, 3.63) is 23.8 Å². The summed E-state index contributed by atoms with van der Waals surface area (Å²) in [6, 6.07) is 5.48. The Morgan fingerprint density at radius 3 is 2.56 bits per heavy atom. The van der Waals surface area contributed by atoms with Crippen LogP contribution in [0.15, 0.2) is 18.2 Å². The highest BCUT2D eigenvalue weighted by atomic mass is 19.1. The Morgan fingerprint density at radius 2 is 1.78 bits per heavy atom. The minimum absolute atomic E-state index is 0.520. The molecule has 1 saturated heterocycles. The van der Waals surface area contributed by atoms with Crippen molar-refractivity contribution >= 4 is 0 Å². The molecule has 1 N–H and O–H groups in total. The van der Waals surface area contributed by atoms with Gasteiger partial charge in [-0.1, -0.05) is 6.07 Å². The summed E-state index contributed by atoms with van der Waals surface area (Å²) < 4.78 is 26.0. The Kier molecular flexibility index (Phi) is 3.12. The number of fused-ring (bicyclic) bond motifs is 1. The molecule has 0 radical (unpaired) electrons. The quantitative estimate of drug-likeness (QED) is 0.831. The van der Waals surface area contributed by atoms with E-state index >= 15 is 0 Å². The van der Waals surface area contributed by atoms with Crippen molar-refractivity contribution in [2.45, 2.75) is 24.9 Å². The van der Waals surface area contributed by atoms with Crippen LogP contribution in [0.3, 0.4) is 0 Å². The van der Waals surface area contributed by atoms with E-state index in [2.05, 4.69) is 5.32 Å². The van der Waals surface area contributed by atoms with Crippen LogP contribution in [0.2, 0.25) is 0 Å². The topological polar surface area (TPSA) is 30.5 Å². The molecule has 0 saturated carbocycles. The minimum Gasteiger partial charge on any atom is -0.490 e. The summed E-state index contributed by atoms with van der Waals surface area (Å²) in [5.41, 5.74) is -0.510. The van der Waals surface area contributed by atoms with Crippen LogP contribution in [-0.2, 0) is 5.67 Å². The smallest absolute Gasteiger partial charge is 0.161 e. The van der Waals surface area contributed by atoms with E-state index in [0.717, 1.165) is 25.3 Å². The molecule has 1 aromatic carbocycles. The van der Waals surface area contributed by atoms with E-state index in [-0.39, 0.29) is 0 Å². The fourth-order valence-electron chi connectivity index (χ4n) is 2.55. The summed E-state index contributed by atoms with van der Waals surface area (Å²) in [6.07, 6.45) is 1.91. The van der Waals surface area contributed by atoms with Gasteiger partial charge >= 0.3 is 0 Å². The molecule has 0 unspecified atom stereocenters. The standard InChI is InChI=1S/C14H18FNO2/c15-14(4-6-16-7-5-14)11-2-3-12-13(10-11)18-9-1-8-17-12/h2-3,10,16H,1,4-9H2. The van der Waals surface area contributed by atoms with Gasteiger partial charge in [-0.25, -0.2) is 4.39 Å². The van der Waals surface area contributed by atoms with Crippen molar-refractivity contribution in [3.63, 3.8) is 0 Å². The van der Waals surface area contributed by atoms with Crippen LogP contribution in [0, 0.1) is 0 Å². The largest absolute Gasteiger partial charge is 0.490 e. The van der Waals surface area contributed by atoms with Crippen LogP contribution in [0.4, 0.5) is 4.39 Å². The van der Waals surface area contributed by atoms with Crippen molar-refractivity contribution in [3.8, 4) is 11.5 Å². The number of alkyl halides is 1. The third-order valence-electron chi connectivity index (χ3n) is 3.66. The molecule has 3 rings (SSSR count). The molecule has 1 fully saturated rings. The predicted octanol–water partition coefficient (Wildman–Crippen LogP) is 2.40. The Balaban J connectivity index is 1.91. The van der Waals surface area contributed by atoms with Gasteiger partial charge in [0.05, 0.1) is 13.2 Å². The fourth-order valence-corrected chi connectivity index (χ4v) is 2.55. The zero-order valence-corrected chi connectivity index (χ0v) is 10.4. The summed E-state index contributed by atoms with van der Waals surface area (Å²) in [4.78, 5) is 0. The number of piperidine rings is 1. The summed E-state index contributed by atoms with van der Waals surface area (Å²) in [7, 11) is 0. The molecule has 0 bridgehead atoms. The highest BCUT2D eigenvalue weighted by Crippen LogP contribution is 2.39. The Labute approximate surface area is 106 Å². The average molecular weight is 251 g/mol. The van der Waals surface area contributed by atoms with Gasteiger partial charge in [0.1, 0.15) is 5.67 Å². The molecule has 0 aliphatic carbocycles. The van der Waals surface area contributed by atoms with Crippen LogP contribution in [0.25, 0.3) is 0 Å². The second-order valence-electron chi connectivity index (χ2n) is 4.93. The Bertz CT molecular complexity index is 430. The van der Waals surface area contributed by atoms with Crippen molar-refractivity contribution in [2.75, 3.05) is 26.3 Å². The van der Waals surface area contributed by atoms with Crippen molar-refractivity contribution in [1.29, 1.82) is 0 Å². The summed E-state index contributed by atoms with van der Waals surface area (Å²) in [6.45, 7) is 2.75. The van der Waals surface area contributed by atoms with E-state index in [9.17, 15) is 4.39 Å². The number of ether oxygens (including phenoxy) is 2. The van der Waals surface area contributed by atoms with Gasteiger partial charge < -0.3 is 14.8 Å². The molecule has 2 heterocycles. The second-order valence-corrected chi connectivity index (χ2v) is 4.93. The van der Waals surface area contributed by atoms with E-state index in [0.29, 0.717) is 37.4 Å².